The van der Waals surface area contributed by atoms with E-state index >= 15 is 0 Å². The lowest BCUT2D eigenvalue weighted by Crippen LogP contribution is -1.79. The first-order valence-electron chi connectivity index (χ1n) is 4.92. The first kappa shape index (κ1) is 10.2. The van der Waals surface area contributed by atoms with Gasteiger partial charge in [-0.2, -0.15) is 0 Å². The van der Waals surface area contributed by atoms with E-state index in [0.717, 1.165) is 16.5 Å². The number of aromatic nitrogens is 1. The van der Waals surface area contributed by atoms with Crippen LogP contribution in [0.2, 0.25) is 0 Å². The lowest BCUT2D eigenvalue weighted by molar-refractivity contribution is 1.22. The molecule has 1 aromatic heterocycles. The van der Waals surface area contributed by atoms with Gasteiger partial charge in [-0.3, -0.25) is 4.98 Å². The molecule has 1 heterocycles. The quantitative estimate of drug-likeness (QED) is 0.434. The van der Waals surface area contributed by atoms with Gasteiger partial charge in [-0.05, 0) is 23.2 Å². The van der Waals surface area contributed by atoms with Gasteiger partial charge in [-0.25, -0.2) is 0 Å². The Labute approximate surface area is 92.9 Å². The van der Waals surface area contributed by atoms with Crippen molar-refractivity contribution in [3.63, 3.8) is 0 Å². The minimum Gasteiger partial charge on any atom is -0.256 e. The Hall–Kier alpha value is -2.32. The summed E-state index contributed by atoms with van der Waals surface area (Å²) in [6.07, 6.45) is 5.52. The van der Waals surface area contributed by atoms with Gasteiger partial charge >= 0.3 is 0 Å². The predicted molar refractivity (Wildman–Crippen MR) is 64.8 cm³/mol. The summed E-state index contributed by atoms with van der Waals surface area (Å²) in [5.74, 6) is 0. The fourth-order valence-electron chi connectivity index (χ4n) is 1.46. The van der Waals surface area contributed by atoms with Crippen LogP contribution in [0, 0.1) is 0 Å². The van der Waals surface area contributed by atoms with Crippen LogP contribution in [0.3, 0.4) is 0 Å². The molecular formula is C12H10N4. The Morgan fingerprint density at radius 3 is 3.19 bits per heavy atom. The normalized spacial score (nSPS) is 10.5. The van der Waals surface area contributed by atoms with Crippen molar-refractivity contribution in [3.8, 4) is 0 Å². The first-order chi connectivity index (χ1) is 7.90. The smallest absolute Gasteiger partial charge is 0.0707 e. The van der Waals surface area contributed by atoms with Gasteiger partial charge in [0.1, 0.15) is 0 Å². The van der Waals surface area contributed by atoms with Crippen LogP contribution in [-0.4, -0.2) is 11.5 Å². The standard InChI is InChI=1S/C12H10N4/c13-16-15-8-1-3-10-5-6-11-4-2-7-14-12(11)9-10/h1-7,9H,8H2. The Morgan fingerprint density at radius 2 is 2.31 bits per heavy atom. The van der Waals surface area contributed by atoms with E-state index in [1.807, 2.05) is 42.5 Å². The number of hydrogen-bond acceptors (Lipinski definition) is 2. The summed E-state index contributed by atoms with van der Waals surface area (Å²) >= 11 is 0. The molecule has 0 aliphatic carbocycles. The second-order valence-corrected chi connectivity index (χ2v) is 3.27. The molecule has 4 nitrogen and oxygen atoms in total. The summed E-state index contributed by atoms with van der Waals surface area (Å²) in [5.41, 5.74) is 10.1. The zero-order valence-electron chi connectivity index (χ0n) is 8.61. The molecule has 16 heavy (non-hydrogen) atoms. The summed E-state index contributed by atoms with van der Waals surface area (Å²) < 4.78 is 0. The van der Waals surface area contributed by atoms with Crippen molar-refractivity contribution in [2.24, 2.45) is 5.11 Å². The molecule has 0 radical (unpaired) electrons. The molecule has 0 aliphatic heterocycles. The Kier molecular flexibility index (Phi) is 3.16. The Balaban J connectivity index is 2.25. The Bertz CT molecular complexity index is 568. The van der Waals surface area contributed by atoms with Gasteiger partial charge in [0, 0.05) is 23.0 Å². The zero-order valence-corrected chi connectivity index (χ0v) is 8.61. The number of benzene rings is 1. The second-order valence-electron chi connectivity index (χ2n) is 3.27. The number of fused-ring (bicyclic) bond motifs is 1. The van der Waals surface area contributed by atoms with E-state index < -0.39 is 0 Å². The van der Waals surface area contributed by atoms with E-state index in [1.54, 1.807) is 6.20 Å². The van der Waals surface area contributed by atoms with E-state index in [0.29, 0.717) is 6.54 Å². The van der Waals surface area contributed by atoms with Gasteiger partial charge < -0.3 is 0 Å². The highest BCUT2D eigenvalue weighted by Gasteiger charge is 1.93. The average Bonchev–Trinajstić information content (AvgIpc) is 2.34. The maximum absolute atomic E-state index is 8.12. The fourth-order valence-corrected chi connectivity index (χ4v) is 1.46. The van der Waals surface area contributed by atoms with Gasteiger partial charge in [0.05, 0.1) is 5.52 Å². The zero-order chi connectivity index (χ0) is 11.2. The summed E-state index contributed by atoms with van der Waals surface area (Å²) in [7, 11) is 0. The van der Waals surface area contributed by atoms with Crippen molar-refractivity contribution in [1.29, 1.82) is 0 Å². The number of pyridine rings is 1. The second kappa shape index (κ2) is 4.96. The molecule has 0 fully saturated rings. The van der Waals surface area contributed by atoms with Gasteiger partial charge in [0.25, 0.3) is 0 Å². The minimum atomic E-state index is 0.372. The van der Waals surface area contributed by atoms with E-state index in [1.165, 1.54) is 0 Å². The molecule has 4 heteroatoms. The van der Waals surface area contributed by atoms with Crippen LogP contribution in [0.15, 0.2) is 47.7 Å². The predicted octanol–water partition coefficient (Wildman–Crippen LogP) is 3.56. The molecule has 1 aromatic carbocycles. The Morgan fingerprint density at radius 1 is 1.38 bits per heavy atom. The maximum Gasteiger partial charge on any atom is 0.0707 e. The lowest BCUT2D eigenvalue weighted by atomic mass is 10.1. The number of nitrogens with zero attached hydrogens (tertiary/aromatic N) is 4. The molecule has 0 N–H and O–H groups in total. The van der Waals surface area contributed by atoms with Crippen LogP contribution in [0.1, 0.15) is 5.56 Å². The van der Waals surface area contributed by atoms with Crippen LogP contribution in [0.25, 0.3) is 27.4 Å². The van der Waals surface area contributed by atoms with Crippen molar-refractivity contribution < 1.29 is 0 Å². The average molecular weight is 210 g/mol. The molecule has 2 rings (SSSR count). The highest BCUT2D eigenvalue weighted by atomic mass is 15.1. The molecule has 0 atom stereocenters. The molecule has 0 saturated heterocycles. The van der Waals surface area contributed by atoms with Crippen molar-refractivity contribution in [2.75, 3.05) is 6.54 Å². The summed E-state index contributed by atoms with van der Waals surface area (Å²) in [4.78, 5) is 6.95. The topological polar surface area (TPSA) is 61.7 Å². The molecule has 0 aliphatic rings. The lowest BCUT2D eigenvalue weighted by Gasteiger charge is -1.97. The van der Waals surface area contributed by atoms with Crippen molar-refractivity contribution in [2.45, 2.75) is 0 Å². The van der Waals surface area contributed by atoms with Crippen LogP contribution in [0.5, 0.6) is 0 Å². The molecular weight excluding hydrogens is 200 g/mol. The van der Waals surface area contributed by atoms with Gasteiger partial charge in [0.2, 0.25) is 0 Å². The fraction of sp³-hybridized carbons (Fsp3) is 0.0833. The summed E-state index contributed by atoms with van der Waals surface area (Å²) in [6, 6.07) is 9.98. The van der Waals surface area contributed by atoms with Crippen molar-refractivity contribution >= 4 is 17.0 Å². The van der Waals surface area contributed by atoms with Crippen LogP contribution >= 0.6 is 0 Å². The van der Waals surface area contributed by atoms with Crippen LogP contribution in [-0.2, 0) is 0 Å². The minimum absolute atomic E-state index is 0.372. The van der Waals surface area contributed by atoms with E-state index in [9.17, 15) is 0 Å². The molecule has 0 bridgehead atoms. The van der Waals surface area contributed by atoms with Crippen molar-refractivity contribution in [3.05, 3.63) is 58.6 Å². The van der Waals surface area contributed by atoms with Gasteiger partial charge in [-0.15, -0.1) is 0 Å². The number of hydrogen-bond donors (Lipinski definition) is 0. The first-order valence-corrected chi connectivity index (χ1v) is 4.92. The van der Waals surface area contributed by atoms with E-state index in [-0.39, 0.29) is 0 Å². The number of rotatable bonds is 3. The molecule has 2 aromatic rings. The van der Waals surface area contributed by atoms with Crippen molar-refractivity contribution in [1.82, 2.24) is 4.98 Å². The highest BCUT2D eigenvalue weighted by Crippen LogP contribution is 2.13. The largest absolute Gasteiger partial charge is 0.256 e. The molecule has 0 spiro atoms. The van der Waals surface area contributed by atoms with E-state index in [4.69, 9.17) is 5.53 Å². The summed E-state index contributed by atoms with van der Waals surface area (Å²) in [6.45, 7) is 0.372. The molecule has 78 valence electrons. The van der Waals surface area contributed by atoms with Gasteiger partial charge in [-0.1, -0.05) is 35.5 Å². The SMILES string of the molecule is [N-]=[N+]=NCC=Cc1ccc2cccnc2c1. The van der Waals surface area contributed by atoms with Gasteiger partial charge in [0.15, 0.2) is 0 Å². The number of azide groups is 1. The highest BCUT2D eigenvalue weighted by molar-refractivity contribution is 5.80. The third-order valence-corrected chi connectivity index (χ3v) is 2.19. The molecule has 0 amide bonds. The third-order valence-electron chi connectivity index (χ3n) is 2.19. The van der Waals surface area contributed by atoms with E-state index in [2.05, 4.69) is 15.0 Å². The molecule has 0 saturated carbocycles. The third kappa shape index (κ3) is 2.38. The van der Waals surface area contributed by atoms with Crippen LogP contribution in [0.4, 0.5) is 0 Å². The van der Waals surface area contributed by atoms with Crippen LogP contribution < -0.4 is 0 Å². The summed E-state index contributed by atoms with van der Waals surface area (Å²) in [5, 5.41) is 4.55. The maximum atomic E-state index is 8.12. The molecule has 0 unspecified atom stereocenters. The monoisotopic (exact) mass is 210 g/mol.